The molecule has 1 unspecified atom stereocenters. The second kappa shape index (κ2) is 9.10. The highest BCUT2D eigenvalue weighted by Crippen LogP contribution is 2.13. The van der Waals surface area contributed by atoms with Crippen LogP contribution in [0.1, 0.15) is 25.2 Å². The fourth-order valence-electron chi connectivity index (χ4n) is 2.04. The van der Waals surface area contributed by atoms with Gasteiger partial charge in [0.25, 0.3) is 0 Å². The van der Waals surface area contributed by atoms with Crippen molar-refractivity contribution in [2.24, 2.45) is 5.92 Å². The van der Waals surface area contributed by atoms with Gasteiger partial charge >= 0.3 is 6.55 Å². The third-order valence-electron chi connectivity index (χ3n) is 3.05. The SMILES string of the molecule is Cl.Cl.O=C(NCc1nccn1C(F)F)C1CCCNC1. The van der Waals surface area contributed by atoms with Crippen LogP contribution in [0.4, 0.5) is 8.78 Å². The van der Waals surface area contributed by atoms with Crippen LogP contribution in [0.3, 0.4) is 0 Å². The predicted molar refractivity (Wildman–Crippen MR) is 75.4 cm³/mol. The van der Waals surface area contributed by atoms with Gasteiger partial charge in [-0.3, -0.25) is 9.36 Å². The molecule has 1 aliphatic heterocycles. The van der Waals surface area contributed by atoms with E-state index in [4.69, 9.17) is 0 Å². The third kappa shape index (κ3) is 4.88. The molecule has 2 heterocycles. The highest BCUT2D eigenvalue weighted by Gasteiger charge is 2.21. The van der Waals surface area contributed by atoms with Gasteiger partial charge in [0.2, 0.25) is 5.91 Å². The summed E-state index contributed by atoms with van der Waals surface area (Å²) in [6.07, 6.45) is 4.30. The van der Waals surface area contributed by atoms with E-state index in [9.17, 15) is 13.6 Å². The Labute approximate surface area is 128 Å². The Morgan fingerprint density at radius 3 is 2.90 bits per heavy atom. The molecular weight excluding hydrogens is 313 g/mol. The van der Waals surface area contributed by atoms with Crippen LogP contribution in [0, 0.1) is 5.92 Å². The molecule has 1 aromatic rings. The maximum absolute atomic E-state index is 12.5. The van der Waals surface area contributed by atoms with Gasteiger partial charge in [-0.25, -0.2) is 4.98 Å². The van der Waals surface area contributed by atoms with Gasteiger partial charge < -0.3 is 10.6 Å². The highest BCUT2D eigenvalue weighted by atomic mass is 35.5. The van der Waals surface area contributed by atoms with Crippen molar-refractivity contribution in [1.29, 1.82) is 0 Å². The van der Waals surface area contributed by atoms with Crippen molar-refractivity contribution in [3.05, 3.63) is 18.2 Å². The van der Waals surface area contributed by atoms with E-state index in [0.29, 0.717) is 6.54 Å². The minimum Gasteiger partial charge on any atom is -0.349 e. The number of hydrogen-bond acceptors (Lipinski definition) is 3. The standard InChI is InChI=1S/C11H16F2N4O.2ClH/c12-11(13)17-5-4-15-9(17)7-16-10(18)8-2-1-3-14-6-8;;/h4-5,8,11,14H,1-3,6-7H2,(H,16,18);2*1H. The fraction of sp³-hybridized carbons (Fsp3) is 0.636. The average Bonchev–Trinajstić information content (AvgIpc) is 2.85. The lowest BCUT2D eigenvalue weighted by Crippen LogP contribution is -2.40. The van der Waals surface area contributed by atoms with E-state index in [1.165, 1.54) is 12.4 Å². The highest BCUT2D eigenvalue weighted by molar-refractivity contribution is 5.85. The molecule has 0 aliphatic carbocycles. The summed E-state index contributed by atoms with van der Waals surface area (Å²) in [4.78, 5) is 15.6. The molecule has 1 saturated heterocycles. The quantitative estimate of drug-likeness (QED) is 0.884. The molecule has 1 aliphatic rings. The summed E-state index contributed by atoms with van der Waals surface area (Å²) in [5.41, 5.74) is 0. The number of carbonyl (C=O) groups excluding carboxylic acids is 1. The predicted octanol–water partition coefficient (Wildman–Crippen LogP) is 1.74. The van der Waals surface area contributed by atoms with Gasteiger partial charge in [0.15, 0.2) is 0 Å². The number of amides is 1. The first-order chi connectivity index (χ1) is 8.68. The fourth-order valence-corrected chi connectivity index (χ4v) is 2.04. The summed E-state index contributed by atoms with van der Waals surface area (Å²) in [5.74, 6) is -0.0122. The van der Waals surface area contributed by atoms with E-state index in [1.807, 2.05) is 0 Å². The molecule has 9 heteroatoms. The molecule has 0 aromatic carbocycles. The minimum atomic E-state index is -2.63. The number of carbonyl (C=O) groups is 1. The molecule has 0 saturated carbocycles. The topological polar surface area (TPSA) is 59.0 Å². The number of halogens is 4. The van der Waals surface area contributed by atoms with E-state index in [-0.39, 0.29) is 49.0 Å². The Hall–Kier alpha value is -0.920. The smallest absolute Gasteiger partial charge is 0.319 e. The molecule has 1 amide bonds. The number of alkyl halides is 2. The largest absolute Gasteiger partial charge is 0.349 e. The number of nitrogens with zero attached hydrogens (tertiary/aromatic N) is 2. The molecule has 116 valence electrons. The Bertz CT molecular complexity index is 411. The van der Waals surface area contributed by atoms with Gasteiger partial charge in [0, 0.05) is 18.9 Å². The maximum atomic E-state index is 12.5. The second-order valence-electron chi connectivity index (χ2n) is 4.29. The lowest BCUT2D eigenvalue weighted by molar-refractivity contribution is -0.125. The summed E-state index contributed by atoms with van der Waals surface area (Å²) in [6.45, 7) is -1.02. The van der Waals surface area contributed by atoms with Crippen LogP contribution >= 0.6 is 24.8 Å². The lowest BCUT2D eigenvalue weighted by Gasteiger charge is -2.21. The first kappa shape index (κ1) is 19.1. The zero-order valence-corrected chi connectivity index (χ0v) is 12.4. The van der Waals surface area contributed by atoms with Gasteiger partial charge in [-0.05, 0) is 19.4 Å². The maximum Gasteiger partial charge on any atom is 0.319 e. The monoisotopic (exact) mass is 330 g/mol. The molecule has 5 nitrogen and oxygen atoms in total. The Morgan fingerprint density at radius 2 is 2.30 bits per heavy atom. The number of aromatic nitrogens is 2. The van der Waals surface area contributed by atoms with Crippen LogP contribution in [-0.4, -0.2) is 28.5 Å². The van der Waals surface area contributed by atoms with Gasteiger partial charge in [-0.15, -0.1) is 24.8 Å². The molecule has 2 rings (SSSR count). The van der Waals surface area contributed by atoms with E-state index < -0.39 is 6.55 Å². The van der Waals surface area contributed by atoms with Crippen LogP contribution in [-0.2, 0) is 11.3 Å². The molecule has 1 fully saturated rings. The molecule has 0 radical (unpaired) electrons. The van der Waals surface area contributed by atoms with Crippen molar-refractivity contribution in [1.82, 2.24) is 20.2 Å². The van der Waals surface area contributed by atoms with Crippen molar-refractivity contribution in [2.45, 2.75) is 25.9 Å². The van der Waals surface area contributed by atoms with Crippen molar-refractivity contribution < 1.29 is 13.6 Å². The summed E-state index contributed by atoms with van der Waals surface area (Å²) in [6, 6.07) is 0. The van der Waals surface area contributed by atoms with Crippen LogP contribution in [0.15, 0.2) is 12.4 Å². The van der Waals surface area contributed by atoms with Crippen molar-refractivity contribution >= 4 is 30.7 Å². The van der Waals surface area contributed by atoms with E-state index in [0.717, 1.165) is 24.0 Å². The number of nitrogens with one attached hydrogen (secondary N) is 2. The summed E-state index contributed by atoms with van der Waals surface area (Å²) < 4.78 is 25.8. The molecule has 20 heavy (non-hydrogen) atoms. The van der Waals surface area contributed by atoms with E-state index in [1.54, 1.807) is 0 Å². The first-order valence-corrected chi connectivity index (χ1v) is 5.97. The minimum absolute atomic E-state index is 0. The van der Waals surface area contributed by atoms with Gasteiger partial charge in [0.05, 0.1) is 12.5 Å². The number of rotatable bonds is 4. The summed E-state index contributed by atoms with van der Waals surface area (Å²) in [7, 11) is 0. The summed E-state index contributed by atoms with van der Waals surface area (Å²) >= 11 is 0. The molecule has 1 aromatic heterocycles. The molecule has 2 N–H and O–H groups in total. The average molecular weight is 331 g/mol. The molecule has 0 bridgehead atoms. The Kier molecular flexibility index (Phi) is 8.68. The first-order valence-electron chi connectivity index (χ1n) is 5.97. The van der Waals surface area contributed by atoms with Crippen LogP contribution < -0.4 is 10.6 Å². The van der Waals surface area contributed by atoms with Crippen LogP contribution in [0.5, 0.6) is 0 Å². The zero-order valence-electron chi connectivity index (χ0n) is 10.7. The van der Waals surface area contributed by atoms with Gasteiger partial charge in [-0.1, -0.05) is 0 Å². The van der Waals surface area contributed by atoms with Gasteiger partial charge in [0.1, 0.15) is 5.82 Å². The summed E-state index contributed by atoms with van der Waals surface area (Å²) in [5, 5.41) is 5.79. The lowest BCUT2D eigenvalue weighted by atomic mass is 9.99. The Morgan fingerprint density at radius 1 is 1.55 bits per heavy atom. The number of piperidine rings is 1. The molecular formula is C11H18Cl2F2N4O. The number of hydrogen-bond donors (Lipinski definition) is 2. The van der Waals surface area contributed by atoms with Crippen LogP contribution in [0.25, 0.3) is 0 Å². The van der Waals surface area contributed by atoms with Gasteiger partial charge in [-0.2, -0.15) is 8.78 Å². The Balaban J connectivity index is 0.00000180. The van der Waals surface area contributed by atoms with E-state index in [2.05, 4.69) is 15.6 Å². The molecule has 1 atom stereocenters. The number of imidazole rings is 1. The molecule has 0 spiro atoms. The van der Waals surface area contributed by atoms with Crippen LogP contribution in [0.2, 0.25) is 0 Å². The third-order valence-corrected chi connectivity index (χ3v) is 3.05. The van der Waals surface area contributed by atoms with Crippen molar-refractivity contribution in [3.63, 3.8) is 0 Å². The van der Waals surface area contributed by atoms with Crippen molar-refractivity contribution in [3.8, 4) is 0 Å². The normalized spacial score (nSPS) is 18.1. The zero-order chi connectivity index (χ0) is 13.0. The second-order valence-corrected chi connectivity index (χ2v) is 4.29. The van der Waals surface area contributed by atoms with E-state index >= 15 is 0 Å². The van der Waals surface area contributed by atoms with Crippen molar-refractivity contribution in [2.75, 3.05) is 13.1 Å².